The van der Waals surface area contributed by atoms with Gasteiger partial charge < -0.3 is 50.0 Å². The molecule has 7 rings (SSSR count). The van der Waals surface area contributed by atoms with Gasteiger partial charge in [0, 0.05) is 46.9 Å². The second kappa shape index (κ2) is 8.35. The quantitative estimate of drug-likeness (QED) is 0.199. The van der Waals surface area contributed by atoms with Crippen molar-refractivity contribution in [3.05, 3.63) is 94.5 Å². The molecular weight excluding hydrogens is 520 g/mol. The molecule has 1 unspecified atom stereocenters. The summed E-state index contributed by atoms with van der Waals surface area (Å²) in [4.78, 5) is 0. The highest BCUT2D eigenvalue weighted by atomic mass is 16.7. The highest BCUT2D eigenvalue weighted by molar-refractivity contribution is 5.67. The van der Waals surface area contributed by atoms with Crippen molar-refractivity contribution in [2.75, 3.05) is 0 Å². The summed E-state index contributed by atoms with van der Waals surface area (Å²) < 4.78 is 18.9. The fraction of sp³-hybridized carbons (Fsp3) is 0.200. The fourth-order valence-electron chi connectivity index (χ4n) is 5.99. The Labute approximate surface area is 227 Å². The third-order valence-electron chi connectivity index (χ3n) is 7.82. The minimum atomic E-state index is -1.89. The number of ether oxygens (including phenoxy) is 3. The van der Waals surface area contributed by atoms with Crippen LogP contribution in [0.1, 0.15) is 39.8 Å². The topological polar surface area (TPSA) is 169 Å². The molecule has 3 aliphatic rings. The first-order chi connectivity index (χ1) is 19.2. The van der Waals surface area contributed by atoms with Gasteiger partial charge in [-0.1, -0.05) is 12.1 Å². The number of benzene rings is 4. The molecule has 0 saturated carbocycles. The zero-order chi connectivity index (χ0) is 27.9. The van der Waals surface area contributed by atoms with Crippen LogP contribution in [0.5, 0.6) is 46.0 Å². The molecule has 0 saturated heterocycles. The summed E-state index contributed by atoms with van der Waals surface area (Å²) in [6, 6.07) is 15.8. The average molecular weight is 545 g/mol. The van der Waals surface area contributed by atoms with Crippen molar-refractivity contribution in [3.63, 3.8) is 0 Å². The lowest BCUT2D eigenvalue weighted by molar-refractivity contribution is -0.219. The Morgan fingerprint density at radius 1 is 0.675 bits per heavy atom. The summed E-state index contributed by atoms with van der Waals surface area (Å²) in [5.41, 5.74) is 1.69. The highest BCUT2D eigenvalue weighted by Gasteiger charge is 2.60. The Hall–Kier alpha value is -4.80. The second-order valence-corrected chi connectivity index (χ2v) is 10.2. The fourth-order valence-corrected chi connectivity index (χ4v) is 5.99. The molecule has 2 bridgehead atoms. The first kappa shape index (κ1) is 24.3. The number of aliphatic hydroxyl groups is 2. The van der Waals surface area contributed by atoms with Gasteiger partial charge in [-0.25, -0.2) is 0 Å². The Morgan fingerprint density at radius 3 is 1.98 bits per heavy atom. The van der Waals surface area contributed by atoms with Gasteiger partial charge in [-0.15, -0.1) is 0 Å². The number of hydrogen-bond donors (Lipinski definition) is 7. The standard InChI is InChI=1S/C30H24O10/c31-15-5-1-13(2-6-15)27-21(36)11-18-19(34)12-23-25(28(18)38-27)26-24-20(35)9-17(33)10-22(24)39-30(40-23,29(26)37)14-3-7-16(32)8-4-14/h1-10,12,21,26-27,29,31-37H,11H2/t21-,26+,27-,29?,30-/m1/s1. The van der Waals surface area contributed by atoms with Crippen LogP contribution in [0.25, 0.3) is 0 Å². The van der Waals surface area contributed by atoms with Gasteiger partial charge in [0.1, 0.15) is 58.2 Å². The normalized spacial score (nSPS) is 25.9. The molecule has 10 heteroatoms. The van der Waals surface area contributed by atoms with Crippen LogP contribution in [0.4, 0.5) is 0 Å². The van der Waals surface area contributed by atoms with Crippen LogP contribution in [-0.4, -0.2) is 48.0 Å². The van der Waals surface area contributed by atoms with Gasteiger partial charge in [-0.05, 0) is 42.0 Å². The number of phenols is 5. The second-order valence-electron chi connectivity index (χ2n) is 10.2. The lowest BCUT2D eigenvalue weighted by Gasteiger charge is -2.50. The van der Waals surface area contributed by atoms with Gasteiger partial charge in [0.25, 0.3) is 0 Å². The maximum absolute atomic E-state index is 11.9. The van der Waals surface area contributed by atoms with Crippen molar-refractivity contribution in [1.82, 2.24) is 0 Å². The molecule has 0 radical (unpaired) electrons. The monoisotopic (exact) mass is 544 g/mol. The van der Waals surface area contributed by atoms with Crippen LogP contribution in [0.15, 0.2) is 66.7 Å². The number of phenolic OH excluding ortho intramolecular Hbond substituents is 5. The van der Waals surface area contributed by atoms with E-state index < -0.39 is 30.0 Å². The Morgan fingerprint density at radius 2 is 1.30 bits per heavy atom. The van der Waals surface area contributed by atoms with E-state index in [0.29, 0.717) is 22.3 Å². The lowest BCUT2D eigenvalue weighted by Crippen LogP contribution is -2.57. The number of fused-ring (bicyclic) bond motifs is 8. The van der Waals surface area contributed by atoms with Gasteiger partial charge in [0.15, 0.2) is 0 Å². The van der Waals surface area contributed by atoms with Gasteiger partial charge in [0.05, 0.1) is 12.0 Å². The van der Waals surface area contributed by atoms with Gasteiger partial charge in [-0.3, -0.25) is 0 Å². The summed E-state index contributed by atoms with van der Waals surface area (Å²) in [5, 5.41) is 74.7. The number of aliphatic hydroxyl groups excluding tert-OH is 2. The van der Waals surface area contributed by atoms with Crippen molar-refractivity contribution in [2.24, 2.45) is 0 Å². The molecule has 0 spiro atoms. The van der Waals surface area contributed by atoms with E-state index in [0.717, 1.165) is 6.07 Å². The third kappa shape index (κ3) is 3.36. The molecule has 10 nitrogen and oxygen atoms in total. The summed E-state index contributed by atoms with van der Waals surface area (Å²) >= 11 is 0. The van der Waals surface area contributed by atoms with Crippen LogP contribution in [-0.2, 0) is 12.2 Å². The average Bonchev–Trinajstić information content (AvgIpc) is 2.90. The minimum absolute atomic E-state index is 0.0107. The van der Waals surface area contributed by atoms with Crippen molar-refractivity contribution in [2.45, 2.75) is 36.4 Å². The summed E-state index contributed by atoms with van der Waals surface area (Å²) in [5.74, 6) is -3.36. The molecule has 40 heavy (non-hydrogen) atoms. The first-order valence-electron chi connectivity index (χ1n) is 12.6. The Kier molecular flexibility index (Phi) is 5.06. The van der Waals surface area contributed by atoms with E-state index in [4.69, 9.17) is 14.2 Å². The van der Waals surface area contributed by atoms with Crippen molar-refractivity contribution in [3.8, 4) is 46.0 Å². The predicted molar refractivity (Wildman–Crippen MR) is 138 cm³/mol. The molecule has 0 fully saturated rings. The minimum Gasteiger partial charge on any atom is -0.508 e. The molecule has 0 amide bonds. The van der Waals surface area contributed by atoms with E-state index in [-0.39, 0.29) is 58.0 Å². The van der Waals surface area contributed by atoms with Crippen LogP contribution in [0.3, 0.4) is 0 Å². The number of rotatable bonds is 2. The molecule has 3 heterocycles. The molecule has 4 aromatic rings. The van der Waals surface area contributed by atoms with E-state index in [9.17, 15) is 35.7 Å². The van der Waals surface area contributed by atoms with Crippen molar-refractivity contribution in [1.29, 1.82) is 0 Å². The van der Waals surface area contributed by atoms with E-state index in [1.165, 1.54) is 48.5 Å². The van der Waals surface area contributed by atoms with Gasteiger partial charge in [0.2, 0.25) is 0 Å². The molecule has 5 atom stereocenters. The summed E-state index contributed by atoms with van der Waals surface area (Å²) in [7, 11) is 0. The third-order valence-corrected chi connectivity index (χ3v) is 7.82. The predicted octanol–water partition coefficient (Wildman–Crippen LogP) is 3.38. The lowest BCUT2D eigenvalue weighted by atomic mass is 9.74. The van der Waals surface area contributed by atoms with Crippen molar-refractivity contribution < 1.29 is 50.0 Å². The number of hydrogen-bond acceptors (Lipinski definition) is 10. The highest BCUT2D eigenvalue weighted by Crippen LogP contribution is 2.62. The maximum atomic E-state index is 11.9. The first-order valence-corrected chi connectivity index (χ1v) is 12.6. The van der Waals surface area contributed by atoms with E-state index in [1.807, 2.05) is 0 Å². The van der Waals surface area contributed by atoms with Gasteiger partial charge in [-0.2, -0.15) is 0 Å². The smallest absolute Gasteiger partial charge is 0.305 e. The number of aromatic hydroxyl groups is 5. The SMILES string of the molecule is Oc1ccc([C@H]2Oc3c(c(O)cc4c3[C@@H]3c5c(O)cc(O)cc5O[C@](c5ccc(O)cc5)(O4)C3O)C[C@H]2O)cc1. The van der Waals surface area contributed by atoms with E-state index in [1.54, 1.807) is 12.1 Å². The van der Waals surface area contributed by atoms with E-state index >= 15 is 0 Å². The Balaban J connectivity index is 1.47. The van der Waals surface area contributed by atoms with Crippen LogP contribution >= 0.6 is 0 Å². The van der Waals surface area contributed by atoms with Crippen molar-refractivity contribution >= 4 is 0 Å². The molecule has 204 valence electrons. The Bertz CT molecular complexity index is 1650. The molecule has 0 aliphatic carbocycles. The molecular formula is C30H24O10. The maximum Gasteiger partial charge on any atom is 0.305 e. The van der Waals surface area contributed by atoms with Gasteiger partial charge >= 0.3 is 5.79 Å². The molecule has 3 aliphatic heterocycles. The zero-order valence-electron chi connectivity index (χ0n) is 20.7. The van der Waals surface area contributed by atoms with Crippen LogP contribution in [0, 0.1) is 0 Å². The van der Waals surface area contributed by atoms with Crippen LogP contribution in [0.2, 0.25) is 0 Å². The largest absolute Gasteiger partial charge is 0.508 e. The molecule has 0 aromatic heterocycles. The zero-order valence-corrected chi connectivity index (χ0v) is 20.7. The molecule has 4 aromatic carbocycles. The molecule has 7 N–H and O–H groups in total. The summed E-state index contributed by atoms with van der Waals surface area (Å²) in [6.45, 7) is 0. The van der Waals surface area contributed by atoms with Crippen LogP contribution < -0.4 is 14.2 Å². The van der Waals surface area contributed by atoms with E-state index in [2.05, 4.69) is 0 Å². The summed E-state index contributed by atoms with van der Waals surface area (Å²) in [6.07, 6.45) is -3.38.